The van der Waals surface area contributed by atoms with Gasteiger partial charge in [-0.2, -0.15) is 5.10 Å². The van der Waals surface area contributed by atoms with E-state index in [0.29, 0.717) is 6.54 Å². The number of amides is 1. The largest absolute Gasteiger partial charge is 0.495 e. The van der Waals surface area contributed by atoms with E-state index in [-0.39, 0.29) is 11.9 Å². The van der Waals surface area contributed by atoms with Crippen molar-refractivity contribution >= 4 is 11.6 Å². The summed E-state index contributed by atoms with van der Waals surface area (Å²) in [7, 11) is 3.61. The fourth-order valence-corrected chi connectivity index (χ4v) is 4.45. The van der Waals surface area contributed by atoms with Gasteiger partial charge in [0, 0.05) is 38.3 Å². The maximum absolute atomic E-state index is 13.4. The van der Waals surface area contributed by atoms with Gasteiger partial charge in [0.15, 0.2) is 0 Å². The van der Waals surface area contributed by atoms with Crippen molar-refractivity contribution in [3.8, 4) is 5.75 Å². The monoisotopic (exact) mass is 368 g/mol. The number of hydrogen-bond donors (Lipinski definition) is 0. The fourth-order valence-electron chi connectivity index (χ4n) is 4.45. The first-order valence-corrected chi connectivity index (χ1v) is 9.84. The predicted octanol–water partition coefficient (Wildman–Crippen LogP) is 2.66. The molecule has 2 heterocycles. The molecule has 144 valence electrons. The van der Waals surface area contributed by atoms with Crippen LogP contribution in [0.1, 0.15) is 41.5 Å². The zero-order valence-corrected chi connectivity index (χ0v) is 16.4. The smallest absolute Gasteiger partial charge is 0.272 e. The molecule has 1 amide bonds. The number of carbonyl (C=O) groups is 1. The third kappa shape index (κ3) is 3.17. The molecule has 1 saturated heterocycles. The molecule has 0 N–H and O–H groups in total. The number of nitrogens with zero attached hydrogens (tertiary/aromatic N) is 4. The number of hydrogen-bond acceptors (Lipinski definition) is 4. The third-order valence-corrected chi connectivity index (χ3v) is 5.84. The van der Waals surface area contributed by atoms with E-state index in [2.05, 4.69) is 23.0 Å². The molecule has 6 nitrogen and oxygen atoms in total. The first-order valence-electron chi connectivity index (χ1n) is 9.84. The molecule has 27 heavy (non-hydrogen) atoms. The number of anilines is 1. The van der Waals surface area contributed by atoms with E-state index >= 15 is 0 Å². The van der Waals surface area contributed by atoms with Gasteiger partial charge in [-0.25, -0.2) is 0 Å². The summed E-state index contributed by atoms with van der Waals surface area (Å²) in [6.07, 6.45) is 4.29. The van der Waals surface area contributed by atoms with E-state index in [1.165, 1.54) is 12.0 Å². The Morgan fingerprint density at radius 1 is 1.19 bits per heavy atom. The Morgan fingerprint density at radius 3 is 2.74 bits per heavy atom. The summed E-state index contributed by atoms with van der Waals surface area (Å²) < 4.78 is 7.31. The number of methoxy groups -OCH3 is 1. The highest BCUT2D eigenvalue weighted by molar-refractivity contribution is 5.94. The van der Waals surface area contributed by atoms with E-state index in [1.807, 2.05) is 30.1 Å². The van der Waals surface area contributed by atoms with E-state index in [4.69, 9.17) is 4.74 Å². The van der Waals surface area contributed by atoms with Gasteiger partial charge in [-0.3, -0.25) is 9.48 Å². The molecule has 0 bridgehead atoms. The Kier molecular flexibility index (Phi) is 4.81. The summed E-state index contributed by atoms with van der Waals surface area (Å²) in [5.74, 6) is 1.01. The molecule has 1 aromatic carbocycles. The maximum atomic E-state index is 13.4. The van der Waals surface area contributed by atoms with Crippen LogP contribution in [0.4, 0.5) is 5.69 Å². The van der Waals surface area contributed by atoms with Gasteiger partial charge < -0.3 is 14.5 Å². The number of aryl methyl sites for hydroxylation is 2. The van der Waals surface area contributed by atoms with Gasteiger partial charge in [-0.05, 0) is 44.7 Å². The van der Waals surface area contributed by atoms with Gasteiger partial charge in [-0.15, -0.1) is 0 Å². The summed E-state index contributed by atoms with van der Waals surface area (Å²) in [5, 5.41) is 4.62. The Hall–Kier alpha value is -2.50. The van der Waals surface area contributed by atoms with Gasteiger partial charge >= 0.3 is 0 Å². The molecule has 0 saturated carbocycles. The molecule has 0 radical (unpaired) electrons. The summed E-state index contributed by atoms with van der Waals surface area (Å²) in [6.45, 7) is 4.43. The van der Waals surface area contributed by atoms with Crippen molar-refractivity contribution in [1.82, 2.24) is 14.7 Å². The van der Waals surface area contributed by atoms with E-state index < -0.39 is 0 Å². The van der Waals surface area contributed by atoms with E-state index in [9.17, 15) is 4.79 Å². The fraction of sp³-hybridized carbons (Fsp3) is 0.524. The lowest BCUT2D eigenvalue weighted by molar-refractivity contribution is 0.0661. The summed E-state index contributed by atoms with van der Waals surface area (Å²) in [4.78, 5) is 17.7. The SMILES string of the molecule is COc1ccccc1N1CCN(C(=O)c2c3c(nn2C)CCCC3)C(C)C1. The molecule has 1 aliphatic heterocycles. The van der Waals surface area contributed by atoms with E-state index in [1.54, 1.807) is 11.8 Å². The maximum Gasteiger partial charge on any atom is 0.272 e. The van der Waals surface area contributed by atoms with Crippen LogP contribution >= 0.6 is 0 Å². The molecule has 1 unspecified atom stereocenters. The highest BCUT2D eigenvalue weighted by atomic mass is 16.5. The number of carbonyl (C=O) groups excluding carboxylic acids is 1. The van der Waals surface area contributed by atoms with Crippen molar-refractivity contribution in [2.75, 3.05) is 31.6 Å². The third-order valence-electron chi connectivity index (χ3n) is 5.84. The lowest BCUT2D eigenvalue weighted by Gasteiger charge is -2.41. The van der Waals surface area contributed by atoms with Crippen molar-refractivity contribution < 1.29 is 9.53 Å². The number of para-hydroxylation sites is 2. The molecule has 6 heteroatoms. The van der Waals surface area contributed by atoms with Crippen LogP contribution in [0.5, 0.6) is 5.75 Å². The minimum Gasteiger partial charge on any atom is -0.495 e. The van der Waals surface area contributed by atoms with Crippen LogP contribution in [0.3, 0.4) is 0 Å². The zero-order valence-electron chi connectivity index (χ0n) is 16.4. The molecular weight excluding hydrogens is 340 g/mol. The van der Waals surface area contributed by atoms with Crippen LogP contribution in [-0.2, 0) is 19.9 Å². The minimum atomic E-state index is 0.125. The molecule has 2 aliphatic rings. The van der Waals surface area contributed by atoms with Crippen molar-refractivity contribution in [3.63, 3.8) is 0 Å². The van der Waals surface area contributed by atoms with E-state index in [0.717, 1.165) is 55.2 Å². The second-order valence-corrected chi connectivity index (χ2v) is 7.57. The lowest BCUT2D eigenvalue weighted by atomic mass is 9.95. The number of benzene rings is 1. The molecule has 1 aromatic heterocycles. The normalized spacial score (nSPS) is 19.7. The molecule has 1 atom stereocenters. The molecule has 0 spiro atoms. The van der Waals surface area contributed by atoms with Gasteiger partial charge in [0.25, 0.3) is 5.91 Å². The van der Waals surface area contributed by atoms with Gasteiger partial charge in [0.2, 0.25) is 0 Å². The van der Waals surface area contributed by atoms with Crippen molar-refractivity contribution in [1.29, 1.82) is 0 Å². The number of fused-ring (bicyclic) bond motifs is 1. The second-order valence-electron chi connectivity index (χ2n) is 7.57. The Labute approximate surface area is 160 Å². The molecule has 1 fully saturated rings. The predicted molar refractivity (Wildman–Crippen MR) is 106 cm³/mol. The Morgan fingerprint density at radius 2 is 1.96 bits per heavy atom. The molecular formula is C21H28N4O2. The highest BCUT2D eigenvalue weighted by Crippen LogP contribution is 2.30. The van der Waals surface area contributed by atoms with Gasteiger partial charge in [0.05, 0.1) is 18.5 Å². The molecule has 2 aromatic rings. The number of piperazine rings is 1. The zero-order chi connectivity index (χ0) is 19.0. The topological polar surface area (TPSA) is 50.6 Å². The van der Waals surface area contributed by atoms with Gasteiger partial charge in [0.1, 0.15) is 11.4 Å². The summed E-state index contributed by atoms with van der Waals surface area (Å²) >= 11 is 0. The Balaban J connectivity index is 1.54. The first-order chi connectivity index (χ1) is 13.1. The highest BCUT2D eigenvalue weighted by Gasteiger charge is 2.33. The average Bonchev–Trinajstić information content (AvgIpc) is 3.03. The number of rotatable bonds is 3. The van der Waals surface area contributed by atoms with Crippen LogP contribution in [-0.4, -0.2) is 53.4 Å². The standard InChI is InChI=1S/C21H28N4O2/c1-15-14-24(18-10-6-7-11-19(18)27-3)12-13-25(15)21(26)20-16-8-4-5-9-17(16)22-23(20)2/h6-7,10-11,15H,4-5,8-9,12-14H2,1-3H3. The quantitative estimate of drug-likeness (QED) is 0.836. The minimum absolute atomic E-state index is 0.125. The number of ether oxygens (including phenoxy) is 1. The van der Waals surface area contributed by atoms with Crippen LogP contribution in [0.25, 0.3) is 0 Å². The van der Waals surface area contributed by atoms with Gasteiger partial charge in [-0.1, -0.05) is 12.1 Å². The van der Waals surface area contributed by atoms with Crippen molar-refractivity contribution in [2.24, 2.45) is 7.05 Å². The van der Waals surface area contributed by atoms with Crippen LogP contribution in [0.2, 0.25) is 0 Å². The molecule has 1 aliphatic carbocycles. The van der Waals surface area contributed by atoms with Crippen LogP contribution in [0, 0.1) is 0 Å². The Bertz CT molecular complexity index is 845. The second kappa shape index (κ2) is 7.25. The first kappa shape index (κ1) is 17.9. The average molecular weight is 368 g/mol. The summed E-state index contributed by atoms with van der Waals surface area (Å²) in [5.41, 5.74) is 4.18. The lowest BCUT2D eigenvalue weighted by Crippen LogP contribution is -2.54. The number of aromatic nitrogens is 2. The van der Waals surface area contributed by atoms with Crippen LogP contribution < -0.4 is 9.64 Å². The van der Waals surface area contributed by atoms with Crippen LogP contribution in [0.15, 0.2) is 24.3 Å². The van der Waals surface area contributed by atoms with Crippen molar-refractivity contribution in [2.45, 2.75) is 38.6 Å². The van der Waals surface area contributed by atoms with Crippen molar-refractivity contribution in [3.05, 3.63) is 41.2 Å². The molecule has 4 rings (SSSR count). The summed E-state index contributed by atoms with van der Waals surface area (Å²) in [6, 6.07) is 8.21.